The topological polar surface area (TPSA) is 78.3 Å². The number of aromatic amines is 1. The van der Waals surface area contributed by atoms with Gasteiger partial charge in [0.15, 0.2) is 0 Å². The van der Waals surface area contributed by atoms with E-state index in [4.69, 9.17) is 4.52 Å². The van der Waals surface area contributed by atoms with Crippen LogP contribution in [0.1, 0.15) is 37.3 Å². The van der Waals surface area contributed by atoms with E-state index in [-0.39, 0.29) is 11.9 Å². The van der Waals surface area contributed by atoms with Gasteiger partial charge >= 0.3 is 0 Å². The molecule has 1 amide bonds. The number of amides is 1. The molecule has 5 rings (SSSR count). The molecule has 4 aromatic rings. The number of carbonyl (C=O) groups is 1. The first kappa shape index (κ1) is 21.4. The van der Waals surface area contributed by atoms with Gasteiger partial charge in [-0.25, -0.2) is 0 Å². The van der Waals surface area contributed by atoms with E-state index in [2.05, 4.69) is 51.3 Å². The van der Waals surface area contributed by atoms with Crippen LogP contribution >= 0.6 is 0 Å². The molecule has 1 aliphatic rings. The highest BCUT2D eigenvalue weighted by molar-refractivity contribution is 5.83. The molecule has 1 atom stereocenters. The Morgan fingerprint density at radius 3 is 2.64 bits per heavy atom. The second-order valence-corrected chi connectivity index (χ2v) is 8.63. The third kappa shape index (κ3) is 4.68. The van der Waals surface area contributed by atoms with Gasteiger partial charge in [-0.2, -0.15) is 4.98 Å². The van der Waals surface area contributed by atoms with E-state index in [1.165, 1.54) is 10.9 Å². The zero-order chi connectivity index (χ0) is 22.6. The molecule has 7 nitrogen and oxygen atoms in total. The first-order valence-electron chi connectivity index (χ1n) is 11.6. The summed E-state index contributed by atoms with van der Waals surface area (Å²) < 4.78 is 5.54. The van der Waals surface area contributed by atoms with E-state index in [0.29, 0.717) is 18.1 Å². The fourth-order valence-electron chi connectivity index (χ4n) is 4.55. The number of nitrogens with zero attached hydrogens (tertiary/aromatic N) is 4. The Morgan fingerprint density at radius 2 is 1.82 bits per heavy atom. The Hall–Kier alpha value is -3.45. The Morgan fingerprint density at radius 1 is 1.06 bits per heavy atom. The Bertz CT molecular complexity index is 1210. The van der Waals surface area contributed by atoms with Crippen LogP contribution in [0.2, 0.25) is 0 Å². The van der Waals surface area contributed by atoms with Crippen molar-refractivity contribution >= 4 is 16.8 Å². The number of hydrogen-bond donors (Lipinski definition) is 1. The fraction of sp³-hybridized carbons (Fsp3) is 0.346. The molecule has 2 aromatic heterocycles. The molecular formula is C26H29N5O2. The predicted octanol–water partition coefficient (Wildman–Crippen LogP) is 4.45. The number of hydrogen-bond acceptors (Lipinski definition) is 5. The van der Waals surface area contributed by atoms with Crippen LogP contribution in [0.5, 0.6) is 0 Å². The normalized spacial score (nSPS) is 15.7. The Labute approximate surface area is 193 Å². The maximum Gasteiger partial charge on any atom is 0.244 e. The molecule has 1 aliphatic heterocycles. The van der Waals surface area contributed by atoms with Gasteiger partial charge in [0, 0.05) is 55.3 Å². The molecule has 1 fully saturated rings. The van der Waals surface area contributed by atoms with Crippen LogP contribution < -0.4 is 0 Å². The third-order valence-electron chi connectivity index (χ3n) is 6.56. The predicted molar refractivity (Wildman–Crippen MR) is 128 cm³/mol. The average Bonchev–Trinajstić information content (AvgIpc) is 3.52. The molecule has 2 aromatic carbocycles. The molecule has 1 saturated heterocycles. The van der Waals surface area contributed by atoms with Crippen molar-refractivity contribution in [3.63, 3.8) is 0 Å². The molecule has 3 heterocycles. The molecule has 0 spiro atoms. The van der Waals surface area contributed by atoms with Gasteiger partial charge in [-0.15, -0.1) is 0 Å². The van der Waals surface area contributed by atoms with Crippen LogP contribution in [0.15, 0.2) is 65.3 Å². The quantitative estimate of drug-likeness (QED) is 0.457. The van der Waals surface area contributed by atoms with Gasteiger partial charge in [-0.1, -0.05) is 53.7 Å². The minimum absolute atomic E-state index is 0.0223. The Kier molecular flexibility index (Phi) is 6.21. The standard InChI is InChI=1S/C26H29N5O2/c1-19(26-28-25(29-33-26)20-8-3-2-4-9-20)30-14-16-31(17-15-30)24(32)13-7-10-21-18-27-23-12-6-5-11-22(21)23/h2-6,8-9,11-12,18-19,27H,7,10,13-17H2,1H3. The Balaban J connectivity index is 1.10. The summed E-state index contributed by atoms with van der Waals surface area (Å²) in [6.07, 6.45) is 4.42. The van der Waals surface area contributed by atoms with Gasteiger partial charge in [0.1, 0.15) is 0 Å². The summed E-state index contributed by atoms with van der Waals surface area (Å²) in [5, 5.41) is 5.39. The number of para-hydroxylation sites is 1. The number of fused-ring (bicyclic) bond motifs is 1. The number of nitrogens with one attached hydrogen (secondary N) is 1. The minimum atomic E-state index is 0.0223. The molecule has 1 N–H and O–H groups in total. The molecule has 33 heavy (non-hydrogen) atoms. The zero-order valence-corrected chi connectivity index (χ0v) is 18.9. The van der Waals surface area contributed by atoms with Crippen LogP contribution in [0, 0.1) is 0 Å². The van der Waals surface area contributed by atoms with Crippen LogP contribution in [0.4, 0.5) is 0 Å². The maximum atomic E-state index is 12.8. The molecule has 7 heteroatoms. The van der Waals surface area contributed by atoms with E-state index in [0.717, 1.165) is 50.1 Å². The van der Waals surface area contributed by atoms with E-state index < -0.39 is 0 Å². The summed E-state index contributed by atoms with van der Waals surface area (Å²) in [6, 6.07) is 18.2. The number of carbonyl (C=O) groups excluding carboxylic acids is 1. The van der Waals surface area contributed by atoms with Gasteiger partial charge in [-0.05, 0) is 31.4 Å². The van der Waals surface area contributed by atoms with Gasteiger partial charge in [0.05, 0.1) is 6.04 Å². The zero-order valence-electron chi connectivity index (χ0n) is 18.9. The number of aryl methyl sites for hydroxylation is 1. The van der Waals surface area contributed by atoms with Gasteiger partial charge in [0.25, 0.3) is 0 Å². The number of rotatable bonds is 7. The first-order valence-corrected chi connectivity index (χ1v) is 11.6. The summed E-state index contributed by atoms with van der Waals surface area (Å²) >= 11 is 0. The molecule has 0 saturated carbocycles. The van der Waals surface area contributed by atoms with Crippen LogP contribution in [-0.2, 0) is 11.2 Å². The molecule has 0 aliphatic carbocycles. The molecule has 0 bridgehead atoms. The van der Waals surface area contributed by atoms with Crippen molar-refractivity contribution in [3.8, 4) is 11.4 Å². The second kappa shape index (κ2) is 9.58. The third-order valence-corrected chi connectivity index (χ3v) is 6.56. The smallest absolute Gasteiger partial charge is 0.244 e. The van der Waals surface area contributed by atoms with Crippen LogP contribution in [0.3, 0.4) is 0 Å². The summed E-state index contributed by atoms with van der Waals surface area (Å²) in [6.45, 7) is 5.16. The lowest BCUT2D eigenvalue weighted by Gasteiger charge is -2.36. The fourth-order valence-corrected chi connectivity index (χ4v) is 4.55. The van der Waals surface area contributed by atoms with Crippen molar-refractivity contribution in [3.05, 3.63) is 72.2 Å². The van der Waals surface area contributed by atoms with Gasteiger partial charge in [0.2, 0.25) is 17.6 Å². The van der Waals surface area contributed by atoms with Crippen molar-refractivity contribution in [1.29, 1.82) is 0 Å². The lowest BCUT2D eigenvalue weighted by Crippen LogP contribution is -2.49. The summed E-state index contributed by atoms with van der Waals surface area (Å²) in [5.74, 6) is 1.47. The number of H-pyrrole nitrogens is 1. The van der Waals surface area contributed by atoms with Crippen molar-refractivity contribution in [2.45, 2.75) is 32.2 Å². The lowest BCUT2D eigenvalue weighted by molar-refractivity contribution is -0.133. The highest BCUT2D eigenvalue weighted by atomic mass is 16.5. The highest BCUT2D eigenvalue weighted by Crippen LogP contribution is 2.24. The molecule has 0 radical (unpaired) electrons. The first-order chi connectivity index (χ1) is 16.2. The number of benzene rings is 2. The van der Waals surface area contributed by atoms with Crippen LogP contribution in [0.25, 0.3) is 22.3 Å². The number of piperazine rings is 1. The summed E-state index contributed by atoms with van der Waals surface area (Å²) in [7, 11) is 0. The van der Waals surface area contributed by atoms with E-state index in [1.807, 2.05) is 41.3 Å². The van der Waals surface area contributed by atoms with E-state index >= 15 is 0 Å². The maximum absolute atomic E-state index is 12.8. The molecule has 1 unspecified atom stereocenters. The second-order valence-electron chi connectivity index (χ2n) is 8.63. The van der Waals surface area contributed by atoms with Crippen molar-refractivity contribution in [1.82, 2.24) is 24.9 Å². The SMILES string of the molecule is CC(c1nc(-c2ccccc2)no1)N1CCN(C(=O)CCCc2c[nH]c3ccccc23)CC1. The monoisotopic (exact) mass is 443 g/mol. The van der Waals surface area contributed by atoms with Gasteiger partial charge in [-0.3, -0.25) is 9.69 Å². The number of aromatic nitrogens is 3. The summed E-state index contributed by atoms with van der Waals surface area (Å²) in [4.78, 5) is 25.0. The van der Waals surface area contributed by atoms with Crippen molar-refractivity contribution in [2.75, 3.05) is 26.2 Å². The highest BCUT2D eigenvalue weighted by Gasteiger charge is 2.27. The van der Waals surface area contributed by atoms with Gasteiger partial charge < -0.3 is 14.4 Å². The minimum Gasteiger partial charge on any atom is -0.361 e. The van der Waals surface area contributed by atoms with Crippen molar-refractivity contribution < 1.29 is 9.32 Å². The lowest BCUT2D eigenvalue weighted by atomic mass is 10.1. The molecular weight excluding hydrogens is 414 g/mol. The summed E-state index contributed by atoms with van der Waals surface area (Å²) in [5.41, 5.74) is 3.38. The molecule has 170 valence electrons. The van der Waals surface area contributed by atoms with E-state index in [1.54, 1.807) is 0 Å². The van der Waals surface area contributed by atoms with Crippen LogP contribution in [-0.4, -0.2) is 57.0 Å². The van der Waals surface area contributed by atoms with Crippen molar-refractivity contribution in [2.24, 2.45) is 0 Å². The van der Waals surface area contributed by atoms with E-state index in [9.17, 15) is 4.79 Å². The average molecular weight is 444 g/mol. The largest absolute Gasteiger partial charge is 0.361 e.